The quantitative estimate of drug-likeness (QED) is 0.897. The van der Waals surface area contributed by atoms with E-state index in [0.29, 0.717) is 30.0 Å². The maximum Gasteiger partial charge on any atom is 0.251 e. The van der Waals surface area contributed by atoms with Crippen molar-refractivity contribution in [3.8, 4) is 5.75 Å². The molecule has 1 amide bonds. The number of carbonyl (C=O) groups excluding carboxylic acids is 1. The van der Waals surface area contributed by atoms with E-state index in [2.05, 4.69) is 5.32 Å². The molecule has 2 aliphatic rings. The Kier molecular flexibility index (Phi) is 4.90. The molecule has 3 N–H and O–H groups in total. The van der Waals surface area contributed by atoms with Crippen LogP contribution in [0.3, 0.4) is 0 Å². The lowest BCUT2D eigenvalue weighted by atomic mass is 9.67. The summed E-state index contributed by atoms with van der Waals surface area (Å²) < 4.78 is 5.61. The summed E-state index contributed by atoms with van der Waals surface area (Å²) in [6, 6.07) is 6.29. The molecule has 0 radical (unpaired) electrons. The molecule has 0 aromatic heterocycles. The summed E-state index contributed by atoms with van der Waals surface area (Å²) in [6.07, 6.45) is 5.73. The number of ether oxygens (including phenoxy) is 1. The van der Waals surface area contributed by atoms with Gasteiger partial charge in [-0.05, 0) is 69.1 Å². The molecule has 1 aromatic rings. The fourth-order valence-corrected chi connectivity index (χ4v) is 4.31. The van der Waals surface area contributed by atoms with Crippen molar-refractivity contribution in [2.24, 2.45) is 17.6 Å². The van der Waals surface area contributed by atoms with E-state index in [0.717, 1.165) is 24.2 Å². The molecule has 4 heteroatoms. The van der Waals surface area contributed by atoms with E-state index in [1.807, 2.05) is 32.0 Å². The van der Waals surface area contributed by atoms with Gasteiger partial charge in [-0.3, -0.25) is 4.79 Å². The predicted molar refractivity (Wildman–Crippen MR) is 91.6 cm³/mol. The summed E-state index contributed by atoms with van der Waals surface area (Å²) >= 11 is 0. The maximum absolute atomic E-state index is 12.7. The molecule has 0 aliphatic heterocycles. The first kappa shape index (κ1) is 16.3. The van der Waals surface area contributed by atoms with Gasteiger partial charge in [0.1, 0.15) is 5.75 Å². The SMILES string of the molecule is CCOc1cc(C(=O)NC2C3CCCC2CC(N)C3)ccc1C. The van der Waals surface area contributed by atoms with Gasteiger partial charge in [-0.2, -0.15) is 0 Å². The van der Waals surface area contributed by atoms with Gasteiger partial charge in [-0.1, -0.05) is 12.5 Å². The molecular formula is C19H28N2O2. The first-order chi connectivity index (χ1) is 11.1. The molecule has 2 atom stereocenters. The number of aryl methyl sites for hydroxylation is 1. The standard InChI is InChI=1S/C19H28N2O2/c1-3-23-17-11-15(8-7-12(17)2)19(22)21-18-13-5-4-6-14(18)10-16(20)9-13/h7-8,11,13-14,16,18H,3-6,9-10,20H2,1-2H3,(H,21,22). The molecule has 2 bridgehead atoms. The van der Waals surface area contributed by atoms with Crippen molar-refractivity contribution >= 4 is 5.91 Å². The van der Waals surface area contributed by atoms with Crippen LogP contribution in [-0.4, -0.2) is 24.6 Å². The van der Waals surface area contributed by atoms with Crippen LogP contribution < -0.4 is 15.8 Å². The minimum atomic E-state index is 0.0170. The van der Waals surface area contributed by atoms with E-state index < -0.39 is 0 Å². The Bertz CT molecular complexity index is 558. The van der Waals surface area contributed by atoms with Gasteiger partial charge < -0.3 is 15.8 Å². The summed E-state index contributed by atoms with van der Waals surface area (Å²) in [5.74, 6) is 1.89. The molecule has 126 valence electrons. The molecule has 0 saturated heterocycles. The molecule has 1 aromatic carbocycles. The minimum absolute atomic E-state index is 0.0170. The average Bonchev–Trinajstić information content (AvgIpc) is 2.50. The third kappa shape index (κ3) is 3.52. The van der Waals surface area contributed by atoms with E-state index in [-0.39, 0.29) is 11.9 Å². The number of hydrogen-bond donors (Lipinski definition) is 2. The van der Waals surface area contributed by atoms with Crippen molar-refractivity contribution in [2.75, 3.05) is 6.61 Å². The lowest BCUT2D eigenvalue weighted by Crippen LogP contribution is -2.53. The van der Waals surface area contributed by atoms with Gasteiger partial charge >= 0.3 is 0 Å². The lowest BCUT2D eigenvalue weighted by molar-refractivity contribution is 0.0755. The highest BCUT2D eigenvalue weighted by Crippen LogP contribution is 2.39. The summed E-state index contributed by atoms with van der Waals surface area (Å²) in [4.78, 5) is 12.7. The number of nitrogens with two attached hydrogens (primary N) is 1. The van der Waals surface area contributed by atoms with Crippen LogP contribution in [0.15, 0.2) is 18.2 Å². The Morgan fingerprint density at radius 3 is 2.65 bits per heavy atom. The number of fused-ring (bicyclic) bond motifs is 2. The van der Waals surface area contributed by atoms with Crippen molar-refractivity contribution in [1.82, 2.24) is 5.32 Å². The minimum Gasteiger partial charge on any atom is -0.494 e. The topological polar surface area (TPSA) is 64.3 Å². The summed E-state index contributed by atoms with van der Waals surface area (Å²) in [5, 5.41) is 3.30. The number of rotatable bonds is 4. The Morgan fingerprint density at radius 2 is 2.00 bits per heavy atom. The van der Waals surface area contributed by atoms with Crippen LogP contribution in [-0.2, 0) is 0 Å². The Labute approximate surface area is 138 Å². The number of nitrogens with one attached hydrogen (secondary N) is 1. The van der Waals surface area contributed by atoms with Gasteiger partial charge in [-0.25, -0.2) is 0 Å². The normalized spacial score (nSPS) is 29.9. The first-order valence-corrected chi connectivity index (χ1v) is 8.88. The summed E-state index contributed by atoms with van der Waals surface area (Å²) in [6.45, 7) is 4.56. The second-order valence-corrected chi connectivity index (χ2v) is 7.10. The monoisotopic (exact) mass is 316 g/mol. The highest BCUT2D eigenvalue weighted by molar-refractivity contribution is 5.95. The molecule has 2 saturated carbocycles. The summed E-state index contributed by atoms with van der Waals surface area (Å²) in [5.41, 5.74) is 7.92. The first-order valence-electron chi connectivity index (χ1n) is 8.88. The Balaban J connectivity index is 1.73. The van der Waals surface area contributed by atoms with Crippen molar-refractivity contribution in [3.63, 3.8) is 0 Å². The largest absolute Gasteiger partial charge is 0.494 e. The van der Waals surface area contributed by atoms with E-state index in [1.54, 1.807) is 0 Å². The molecule has 0 spiro atoms. The van der Waals surface area contributed by atoms with Crippen LogP contribution in [0.25, 0.3) is 0 Å². The Morgan fingerprint density at radius 1 is 1.30 bits per heavy atom. The molecule has 4 nitrogen and oxygen atoms in total. The molecule has 2 aliphatic carbocycles. The van der Waals surface area contributed by atoms with Crippen LogP contribution in [0.4, 0.5) is 0 Å². The van der Waals surface area contributed by atoms with Gasteiger partial charge in [0.25, 0.3) is 5.91 Å². The highest BCUT2D eigenvalue weighted by Gasteiger charge is 2.39. The lowest BCUT2D eigenvalue weighted by Gasteiger charge is -2.45. The fourth-order valence-electron chi connectivity index (χ4n) is 4.31. The zero-order chi connectivity index (χ0) is 16.4. The molecule has 3 rings (SSSR count). The molecule has 2 unspecified atom stereocenters. The van der Waals surface area contributed by atoms with Crippen LogP contribution in [0, 0.1) is 18.8 Å². The van der Waals surface area contributed by atoms with E-state index in [9.17, 15) is 4.79 Å². The molecule has 23 heavy (non-hydrogen) atoms. The number of hydrogen-bond acceptors (Lipinski definition) is 3. The van der Waals surface area contributed by atoms with E-state index in [4.69, 9.17) is 10.5 Å². The fraction of sp³-hybridized carbons (Fsp3) is 0.632. The van der Waals surface area contributed by atoms with Crippen molar-refractivity contribution in [2.45, 2.75) is 58.0 Å². The zero-order valence-corrected chi connectivity index (χ0v) is 14.2. The van der Waals surface area contributed by atoms with Crippen LogP contribution in [0.1, 0.15) is 54.9 Å². The average molecular weight is 316 g/mol. The Hall–Kier alpha value is -1.55. The number of amides is 1. The third-order valence-corrected chi connectivity index (χ3v) is 5.42. The van der Waals surface area contributed by atoms with Crippen LogP contribution in [0.2, 0.25) is 0 Å². The maximum atomic E-state index is 12.7. The second kappa shape index (κ2) is 6.91. The van der Waals surface area contributed by atoms with Crippen molar-refractivity contribution in [1.29, 1.82) is 0 Å². The van der Waals surface area contributed by atoms with Gasteiger partial charge in [0.15, 0.2) is 0 Å². The zero-order valence-electron chi connectivity index (χ0n) is 14.2. The molecular weight excluding hydrogens is 288 g/mol. The van der Waals surface area contributed by atoms with E-state index in [1.165, 1.54) is 19.3 Å². The van der Waals surface area contributed by atoms with Gasteiger partial charge in [-0.15, -0.1) is 0 Å². The van der Waals surface area contributed by atoms with Crippen LogP contribution >= 0.6 is 0 Å². The predicted octanol–water partition coefficient (Wildman–Crippen LogP) is 3.03. The van der Waals surface area contributed by atoms with E-state index >= 15 is 0 Å². The van der Waals surface area contributed by atoms with Gasteiger partial charge in [0.05, 0.1) is 6.61 Å². The van der Waals surface area contributed by atoms with Crippen molar-refractivity contribution < 1.29 is 9.53 Å². The third-order valence-electron chi connectivity index (χ3n) is 5.42. The molecule has 2 fully saturated rings. The second-order valence-electron chi connectivity index (χ2n) is 7.10. The summed E-state index contributed by atoms with van der Waals surface area (Å²) in [7, 11) is 0. The smallest absolute Gasteiger partial charge is 0.251 e. The number of carbonyl (C=O) groups is 1. The van der Waals surface area contributed by atoms with Gasteiger partial charge in [0, 0.05) is 17.6 Å². The highest BCUT2D eigenvalue weighted by atomic mass is 16.5. The molecule has 0 heterocycles. The number of benzene rings is 1. The van der Waals surface area contributed by atoms with Gasteiger partial charge in [0.2, 0.25) is 0 Å². The van der Waals surface area contributed by atoms with Crippen molar-refractivity contribution in [3.05, 3.63) is 29.3 Å². The van der Waals surface area contributed by atoms with Crippen LogP contribution in [0.5, 0.6) is 5.75 Å².